The van der Waals surface area contributed by atoms with Crippen molar-refractivity contribution in [3.05, 3.63) is 6.20 Å². The number of anilines is 1. The van der Waals surface area contributed by atoms with Gasteiger partial charge in [0.25, 0.3) is 0 Å². The van der Waals surface area contributed by atoms with Gasteiger partial charge in [-0.2, -0.15) is 0 Å². The second kappa shape index (κ2) is 6.73. The maximum Gasteiger partial charge on any atom is 0.410 e. The lowest BCUT2D eigenvalue weighted by molar-refractivity contribution is -0.118. The van der Waals surface area contributed by atoms with Gasteiger partial charge in [0.1, 0.15) is 9.81 Å². The van der Waals surface area contributed by atoms with Gasteiger partial charge in [-0.15, -0.1) is 0 Å². The Labute approximate surface area is 163 Å². The molecule has 10 heteroatoms. The Kier molecular flexibility index (Phi) is 5.00. The first-order chi connectivity index (χ1) is 12.4. The standard InChI is InChI=1S/C17H25N3O5S2/c1-16(2,3)25-15(22)19-7-5-17(6-8-19)9-12(21)20(11-17)14-18-10-13(26-14)27(4,23)24/h10H,5-9,11H2,1-4H3. The molecule has 1 spiro atoms. The van der Waals surface area contributed by atoms with E-state index in [1.54, 1.807) is 9.80 Å². The third-order valence-corrected chi connectivity index (χ3v) is 7.67. The van der Waals surface area contributed by atoms with Gasteiger partial charge in [0.2, 0.25) is 5.91 Å². The monoisotopic (exact) mass is 415 g/mol. The van der Waals surface area contributed by atoms with Crippen molar-refractivity contribution in [2.24, 2.45) is 5.41 Å². The van der Waals surface area contributed by atoms with Gasteiger partial charge in [0.15, 0.2) is 15.0 Å². The summed E-state index contributed by atoms with van der Waals surface area (Å²) >= 11 is 1.02. The summed E-state index contributed by atoms with van der Waals surface area (Å²) in [5.41, 5.74) is -0.735. The molecule has 2 aliphatic rings. The molecule has 0 N–H and O–H groups in total. The highest BCUT2D eigenvalue weighted by Gasteiger charge is 2.47. The average molecular weight is 416 g/mol. The zero-order valence-corrected chi connectivity index (χ0v) is 17.7. The van der Waals surface area contributed by atoms with Gasteiger partial charge >= 0.3 is 6.09 Å². The molecule has 0 unspecified atom stereocenters. The van der Waals surface area contributed by atoms with Gasteiger partial charge in [-0.25, -0.2) is 18.2 Å². The van der Waals surface area contributed by atoms with Gasteiger partial charge in [-0.3, -0.25) is 9.69 Å². The Morgan fingerprint density at radius 1 is 1.30 bits per heavy atom. The number of nitrogens with zero attached hydrogens (tertiary/aromatic N) is 3. The molecule has 27 heavy (non-hydrogen) atoms. The molecule has 1 aromatic heterocycles. The number of rotatable bonds is 2. The van der Waals surface area contributed by atoms with Crippen molar-refractivity contribution in [2.75, 3.05) is 30.8 Å². The number of aromatic nitrogens is 1. The predicted molar refractivity (Wildman–Crippen MR) is 102 cm³/mol. The molecule has 150 valence electrons. The highest BCUT2D eigenvalue weighted by atomic mass is 32.2. The Balaban J connectivity index is 1.66. The van der Waals surface area contributed by atoms with E-state index in [1.165, 1.54) is 6.20 Å². The molecule has 0 atom stereocenters. The number of ether oxygens (including phenoxy) is 1. The topological polar surface area (TPSA) is 96.9 Å². The molecule has 3 heterocycles. The van der Waals surface area contributed by atoms with Crippen LogP contribution in [0.4, 0.5) is 9.93 Å². The molecule has 8 nitrogen and oxygen atoms in total. The van der Waals surface area contributed by atoms with Gasteiger partial charge in [-0.1, -0.05) is 11.3 Å². The zero-order chi connectivity index (χ0) is 20.0. The average Bonchev–Trinajstić information content (AvgIpc) is 3.11. The van der Waals surface area contributed by atoms with Crippen molar-refractivity contribution in [3.8, 4) is 0 Å². The van der Waals surface area contributed by atoms with E-state index in [0.717, 1.165) is 17.6 Å². The van der Waals surface area contributed by atoms with Crippen LogP contribution in [-0.4, -0.2) is 61.8 Å². The van der Waals surface area contributed by atoms with Crippen LogP contribution < -0.4 is 4.90 Å². The first-order valence-electron chi connectivity index (χ1n) is 8.83. The van der Waals surface area contributed by atoms with Crippen LogP contribution in [0.25, 0.3) is 0 Å². The van der Waals surface area contributed by atoms with Crippen LogP contribution in [-0.2, 0) is 19.4 Å². The van der Waals surface area contributed by atoms with Crippen molar-refractivity contribution in [2.45, 2.75) is 49.8 Å². The minimum atomic E-state index is -3.33. The van der Waals surface area contributed by atoms with E-state index >= 15 is 0 Å². The molecule has 0 aliphatic carbocycles. The second-order valence-electron chi connectivity index (χ2n) is 8.36. The smallest absolute Gasteiger partial charge is 0.410 e. The summed E-state index contributed by atoms with van der Waals surface area (Å²) in [6, 6.07) is 0. The van der Waals surface area contributed by atoms with Crippen LogP contribution in [0.2, 0.25) is 0 Å². The molecule has 0 saturated carbocycles. The summed E-state index contributed by atoms with van der Waals surface area (Å²) in [4.78, 5) is 32.2. The number of carbonyl (C=O) groups excluding carboxylic acids is 2. The number of piperidine rings is 1. The minimum absolute atomic E-state index is 0.0462. The largest absolute Gasteiger partial charge is 0.444 e. The second-order valence-corrected chi connectivity index (χ2v) is 11.6. The summed E-state index contributed by atoms with van der Waals surface area (Å²) in [7, 11) is -3.33. The van der Waals surface area contributed by atoms with Crippen molar-refractivity contribution < 1.29 is 22.7 Å². The number of carbonyl (C=O) groups is 2. The first kappa shape index (κ1) is 20.1. The van der Waals surface area contributed by atoms with Crippen molar-refractivity contribution in [1.82, 2.24) is 9.88 Å². The predicted octanol–water partition coefficient (Wildman–Crippen LogP) is 2.30. The molecule has 2 saturated heterocycles. The lowest BCUT2D eigenvalue weighted by Crippen LogP contribution is -2.46. The van der Waals surface area contributed by atoms with Gasteiger partial charge in [0, 0.05) is 37.7 Å². The van der Waals surface area contributed by atoms with Crippen LogP contribution >= 0.6 is 11.3 Å². The van der Waals surface area contributed by atoms with E-state index in [2.05, 4.69) is 4.98 Å². The molecule has 0 aromatic carbocycles. The SMILES string of the molecule is CC(C)(C)OC(=O)N1CCC2(CC1)CC(=O)N(c1ncc(S(C)(=O)=O)s1)C2. The maximum absolute atomic E-state index is 12.5. The number of sulfone groups is 1. The van der Waals surface area contributed by atoms with Crippen molar-refractivity contribution in [1.29, 1.82) is 0 Å². The van der Waals surface area contributed by atoms with Crippen molar-refractivity contribution >= 4 is 38.3 Å². The highest BCUT2D eigenvalue weighted by Crippen LogP contribution is 2.43. The quantitative estimate of drug-likeness (QED) is 0.735. The molecular weight excluding hydrogens is 390 g/mol. The molecule has 3 rings (SSSR count). The molecule has 2 aliphatic heterocycles. The van der Waals surface area contributed by atoms with Gasteiger partial charge in [-0.05, 0) is 33.6 Å². The molecular formula is C17H25N3O5S2. The Morgan fingerprint density at radius 2 is 1.93 bits per heavy atom. The number of hydrogen-bond acceptors (Lipinski definition) is 7. The number of thiazole rings is 1. The minimum Gasteiger partial charge on any atom is -0.444 e. The summed E-state index contributed by atoms with van der Waals surface area (Å²) in [6.07, 6.45) is 3.92. The lowest BCUT2D eigenvalue weighted by atomic mass is 9.78. The first-order valence-corrected chi connectivity index (χ1v) is 11.5. The van der Waals surface area contributed by atoms with Crippen molar-refractivity contribution in [3.63, 3.8) is 0 Å². The number of hydrogen-bond donors (Lipinski definition) is 0. The van der Waals surface area contributed by atoms with E-state index < -0.39 is 15.4 Å². The fourth-order valence-corrected chi connectivity index (χ4v) is 5.18. The molecule has 1 aromatic rings. The van der Waals surface area contributed by atoms with E-state index in [-0.39, 0.29) is 21.6 Å². The highest BCUT2D eigenvalue weighted by molar-refractivity contribution is 7.92. The van der Waals surface area contributed by atoms with Crippen LogP contribution in [0.1, 0.15) is 40.0 Å². The lowest BCUT2D eigenvalue weighted by Gasteiger charge is -2.39. The van der Waals surface area contributed by atoms with E-state index in [4.69, 9.17) is 4.74 Å². The van der Waals surface area contributed by atoms with Gasteiger partial charge in [0.05, 0.1) is 6.20 Å². The Bertz CT molecular complexity index is 848. The van der Waals surface area contributed by atoms with E-state index in [9.17, 15) is 18.0 Å². The van der Waals surface area contributed by atoms with Crippen LogP contribution in [0, 0.1) is 5.41 Å². The summed E-state index contributed by atoms with van der Waals surface area (Å²) in [5, 5.41) is 0.423. The van der Waals surface area contributed by atoms with Gasteiger partial charge < -0.3 is 9.64 Å². The maximum atomic E-state index is 12.5. The van der Waals surface area contributed by atoms with Crippen LogP contribution in [0.5, 0.6) is 0 Å². The number of likely N-dealkylation sites (tertiary alicyclic amines) is 1. The summed E-state index contributed by atoms with van der Waals surface area (Å²) in [6.45, 7) is 7.10. The zero-order valence-electron chi connectivity index (χ0n) is 16.0. The molecule has 2 amide bonds. The fraction of sp³-hybridized carbons (Fsp3) is 0.706. The van der Waals surface area contributed by atoms with Crippen LogP contribution in [0.15, 0.2) is 10.4 Å². The van der Waals surface area contributed by atoms with E-state index in [0.29, 0.717) is 44.0 Å². The fourth-order valence-electron chi connectivity index (χ4n) is 3.44. The Hall–Kier alpha value is -1.68. The third kappa shape index (κ3) is 4.43. The van der Waals surface area contributed by atoms with Crippen LogP contribution in [0.3, 0.4) is 0 Å². The number of amides is 2. The summed E-state index contributed by atoms with van der Waals surface area (Å²) < 4.78 is 28.9. The molecule has 0 radical (unpaired) electrons. The third-order valence-electron chi connectivity index (χ3n) is 4.87. The van der Waals surface area contributed by atoms with E-state index in [1.807, 2.05) is 20.8 Å². The normalized spacial score (nSPS) is 20.4. The Morgan fingerprint density at radius 3 is 2.44 bits per heavy atom. The molecule has 2 fully saturated rings. The summed E-state index contributed by atoms with van der Waals surface area (Å²) in [5.74, 6) is -0.0462. The molecule has 0 bridgehead atoms.